The molecular formula is C19H15F6IrN2O3-. The molecule has 2 N–H and O–H groups in total. The summed E-state index contributed by atoms with van der Waals surface area (Å²) in [5, 5.41) is 23.8. The fourth-order valence-corrected chi connectivity index (χ4v) is 2.24. The first-order valence-corrected chi connectivity index (χ1v) is 8.41. The minimum absolute atomic E-state index is 0. The first kappa shape index (κ1) is 26.8. The molecule has 1 heterocycles. The zero-order valence-corrected chi connectivity index (χ0v) is 18.3. The summed E-state index contributed by atoms with van der Waals surface area (Å²) < 4.78 is 84.0. The normalized spacial score (nSPS) is 12.5. The van der Waals surface area contributed by atoms with Crippen LogP contribution < -0.4 is 0 Å². The molecule has 0 saturated carbocycles. The second-order valence-corrected chi connectivity index (χ2v) is 6.25. The summed E-state index contributed by atoms with van der Waals surface area (Å²) in [5.74, 6) is -9.44. The van der Waals surface area contributed by atoms with Gasteiger partial charge in [-0.15, -0.1) is 5.10 Å². The van der Waals surface area contributed by atoms with E-state index in [1.807, 2.05) is 0 Å². The Labute approximate surface area is 186 Å². The molecule has 0 aliphatic carbocycles. The molecule has 2 aromatic carbocycles. The van der Waals surface area contributed by atoms with Crippen LogP contribution in [0, 0.1) is 41.0 Å². The van der Waals surface area contributed by atoms with Gasteiger partial charge in [0.15, 0.2) is 17.5 Å². The van der Waals surface area contributed by atoms with Gasteiger partial charge in [0.1, 0.15) is 5.82 Å². The SMILES string of the molecule is CC(O)CC(C)O.Fc1[c-]c(-c2nnc(-c3cc(F)c(F)cc3F)o2)c(F)cc1F.[Ir]. The molecule has 0 aliphatic rings. The van der Waals surface area contributed by atoms with E-state index in [0.29, 0.717) is 12.5 Å². The smallest absolute Gasteiger partial charge is 0.240 e. The van der Waals surface area contributed by atoms with E-state index in [9.17, 15) is 26.3 Å². The number of rotatable bonds is 4. The average molecular weight is 626 g/mol. The summed E-state index contributed by atoms with van der Waals surface area (Å²) in [5.41, 5.74) is -1.27. The number of halogens is 6. The van der Waals surface area contributed by atoms with Gasteiger partial charge in [0, 0.05) is 32.0 Å². The van der Waals surface area contributed by atoms with Crippen molar-refractivity contribution in [2.75, 3.05) is 0 Å². The third-order valence-electron chi connectivity index (χ3n) is 3.50. The van der Waals surface area contributed by atoms with Gasteiger partial charge in [0.25, 0.3) is 0 Å². The Morgan fingerprint density at radius 1 is 0.806 bits per heavy atom. The van der Waals surface area contributed by atoms with E-state index in [1.54, 1.807) is 19.9 Å². The molecule has 5 nitrogen and oxygen atoms in total. The van der Waals surface area contributed by atoms with Crippen LogP contribution in [0.15, 0.2) is 22.6 Å². The summed E-state index contributed by atoms with van der Waals surface area (Å²) in [4.78, 5) is 0. The largest absolute Gasteiger partial charge is 0.464 e. The molecule has 171 valence electrons. The number of benzene rings is 2. The van der Waals surface area contributed by atoms with E-state index in [1.165, 1.54) is 0 Å². The van der Waals surface area contributed by atoms with Crippen molar-refractivity contribution in [3.8, 4) is 22.9 Å². The molecule has 1 aromatic heterocycles. The Hall–Kier alpha value is -2.27. The molecule has 0 saturated heterocycles. The van der Waals surface area contributed by atoms with Crippen LogP contribution in [0.5, 0.6) is 0 Å². The fourth-order valence-electron chi connectivity index (χ4n) is 2.24. The Bertz CT molecular complexity index is 952. The van der Waals surface area contributed by atoms with E-state index >= 15 is 0 Å². The first-order valence-electron chi connectivity index (χ1n) is 8.41. The van der Waals surface area contributed by atoms with E-state index in [2.05, 4.69) is 10.2 Å². The maximum absolute atomic E-state index is 13.6. The quantitative estimate of drug-likeness (QED) is 0.259. The number of nitrogens with zero attached hydrogens (tertiary/aromatic N) is 2. The Kier molecular flexibility index (Phi) is 9.82. The summed E-state index contributed by atoms with van der Waals surface area (Å²) in [6, 6.07) is 2.69. The van der Waals surface area contributed by atoms with Crippen molar-refractivity contribution >= 4 is 0 Å². The zero-order valence-electron chi connectivity index (χ0n) is 15.9. The monoisotopic (exact) mass is 626 g/mol. The van der Waals surface area contributed by atoms with E-state index in [4.69, 9.17) is 14.6 Å². The molecule has 3 rings (SSSR count). The molecule has 3 aromatic rings. The van der Waals surface area contributed by atoms with Crippen molar-refractivity contribution in [3.05, 3.63) is 59.2 Å². The molecule has 0 amide bonds. The average Bonchev–Trinajstić information content (AvgIpc) is 3.10. The summed E-state index contributed by atoms with van der Waals surface area (Å²) in [6.07, 6.45) is -0.278. The van der Waals surface area contributed by atoms with Crippen molar-refractivity contribution in [2.24, 2.45) is 0 Å². The van der Waals surface area contributed by atoms with Crippen LogP contribution in [0.2, 0.25) is 0 Å². The van der Waals surface area contributed by atoms with Gasteiger partial charge in [0.05, 0.1) is 29.4 Å². The number of aromatic nitrogens is 2. The van der Waals surface area contributed by atoms with Gasteiger partial charge < -0.3 is 14.6 Å². The molecule has 0 aliphatic heterocycles. The van der Waals surface area contributed by atoms with Crippen molar-refractivity contribution in [1.29, 1.82) is 0 Å². The molecule has 0 bridgehead atoms. The third-order valence-corrected chi connectivity index (χ3v) is 3.50. The van der Waals surface area contributed by atoms with E-state index in [-0.39, 0.29) is 44.4 Å². The Balaban J connectivity index is 0.000000523. The predicted octanol–water partition coefficient (Wildman–Crippen LogP) is 4.17. The van der Waals surface area contributed by atoms with Gasteiger partial charge in [-0.3, -0.25) is 8.78 Å². The van der Waals surface area contributed by atoms with Crippen LogP contribution in [-0.2, 0) is 20.1 Å². The summed E-state index contributed by atoms with van der Waals surface area (Å²) >= 11 is 0. The first-order chi connectivity index (χ1) is 14.0. The number of hydrogen-bond donors (Lipinski definition) is 2. The standard InChI is InChI=1S/C14H3F6N2O.C5H12O2.Ir/c15-7-3-11(19)9(17)1-5(7)13-21-22-14(23-13)6-2-10(18)12(20)4-8(6)16;1-4(6)3-5(2)7;/h1,3-4H;4-7H,3H2,1-2H3;/q-1;;. The van der Waals surface area contributed by atoms with Crippen molar-refractivity contribution in [2.45, 2.75) is 32.5 Å². The second-order valence-electron chi connectivity index (χ2n) is 6.25. The molecule has 1 radical (unpaired) electrons. The van der Waals surface area contributed by atoms with Gasteiger partial charge in [-0.25, -0.2) is 17.6 Å². The zero-order chi connectivity index (χ0) is 22.6. The number of aliphatic hydroxyl groups is 2. The van der Waals surface area contributed by atoms with Crippen LogP contribution in [0.25, 0.3) is 22.9 Å². The minimum atomic E-state index is -1.49. The Morgan fingerprint density at radius 2 is 1.32 bits per heavy atom. The molecular weight excluding hydrogens is 610 g/mol. The Morgan fingerprint density at radius 3 is 1.87 bits per heavy atom. The predicted molar refractivity (Wildman–Crippen MR) is 91.7 cm³/mol. The maximum atomic E-state index is 13.6. The minimum Gasteiger partial charge on any atom is -0.464 e. The third kappa shape index (κ3) is 7.13. The molecule has 0 spiro atoms. The molecule has 31 heavy (non-hydrogen) atoms. The topological polar surface area (TPSA) is 79.4 Å². The number of hydrogen-bond acceptors (Lipinski definition) is 5. The van der Waals surface area contributed by atoms with E-state index in [0.717, 1.165) is 0 Å². The molecule has 2 atom stereocenters. The van der Waals surface area contributed by atoms with Crippen LogP contribution in [-0.4, -0.2) is 32.6 Å². The number of aliphatic hydroxyl groups excluding tert-OH is 2. The van der Waals surface area contributed by atoms with Crippen molar-refractivity contribution in [3.63, 3.8) is 0 Å². The van der Waals surface area contributed by atoms with Crippen molar-refractivity contribution < 1.29 is 61.1 Å². The molecule has 0 fully saturated rings. The van der Waals surface area contributed by atoms with Crippen LogP contribution in [0.1, 0.15) is 20.3 Å². The maximum Gasteiger partial charge on any atom is 0.240 e. The van der Waals surface area contributed by atoms with Crippen LogP contribution in [0.3, 0.4) is 0 Å². The van der Waals surface area contributed by atoms with Gasteiger partial charge in [-0.05, 0) is 31.9 Å². The van der Waals surface area contributed by atoms with Gasteiger partial charge in [-0.1, -0.05) is 12.1 Å². The van der Waals surface area contributed by atoms with Gasteiger partial charge >= 0.3 is 0 Å². The molecule has 12 heteroatoms. The molecule has 2 unspecified atom stereocenters. The van der Waals surface area contributed by atoms with Crippen molar-refractivity contribution in [1.82, 2.24) is 10.2 Å². The van der Waals surface area contributed by atoms with Crippen LogP contribution >= 0.6 is 0 Å². The fraction of sp³-hybridized carbons (Fsp3) is 0.263. The van der Waals surface area contributed by atoms with Gasteiger partial charge in [0.2, 0.25) is 5.89 Å². The van der Waals surface area contributed by atoms with Crippen LogP contribution in [0.4, 0.5) is 26.3 Å². The van der Waals surface area contributed by atoms with E-state index < -0.39 is 57.8 Å². The summed E-state index contributed by atoms with van der Waals surface area (Å²) in [7, 11) is 0. The summed E-state index contributed by atoms with van der Waals surface area (Å²) in [6.45, 7) is 3.32. The van der Waals surface area contributed by atoms with Gasteiger partial charge in [-0.2, -0.15) is 5.10 Å². The second kappa shape index (κ2) is 11.4.